The van der Waals surface area contributed by atoms with Gasteiger partial charge >= 0.3 is 5.97 Å². The smallest absolute Gasteiger partial charge is 0.326 e. The lowest BCUT2D eigenvalue weighted by Crippen LogP contribution is -2.40. The Labute approximate surface area is 125 Å². The second-order valence-corrected chi connectivity index (χ2v) is 5.25. The zero-order valence-electron chi connectivity index (χ0n) is 13.1. The molecule has 21 heavy (non-hydrogen) atoms. The van der Waals surface area contributed by atoms with E-state index >= 15 is 0 Å². The fourth-order valence-electron chi connectivity index (χ4n) is 2.08. The molecule has 1 aromatic rings. The first-order chi connectivity index (χ1) is 9.99. The van der Waals surface area contributed by atoms with Gasteiger partial charge in [0.2, 0.25) is 0 Å². The van der Waals surface area contributed by atoms with E-state index in [1.165, 1.54) is 0 Å². The summed E-state index contributed by atoms with van der Waals surface area (Å²) in [5, 5.41) is 16.0. The second-order valence-electron chi connectivity index (χ2n) is 5.25. The zero-order chi connectivity index (χ0) is 15.8. The van der Waals surface area contributed by atoms with Crippen molar-refractivity contribution >= 4 is 11.9 Å². The summed E-state index contributed by atoms with van der Waals surface area (Å²) in [6.07, 6.45) is 5.86. The summed E-state index contributed by atoms with van der Waals surface area (Å²) >= 11 is 0. The Hall–Kier alpha value is -1.85. The summed E-state index contributed by atoms with van der Waals surface area (Å²) in [6.45, 7) is 6.61. The molecule has 0 radical (unpaired) electrons. The number of aliphatic carboxylic acids is 1. The topological polar surface area (TPSA) is 84.2 Å². The van der Waals surface area contributed by atoms with Crippen molar-refractivity contribution in [1.29, 1.82) is 0 Å². The normalized spacial score (nSPS) is 12.1. The lowest BCUT2D eigenvalue weighted by Gasteiger charge is -2.13. The summed E-state index contributed by atoms with van der Waals surface area (Å²) in [7, 11) is 0. The monoisotopic (exact) mass is 295 g/mol. The molecule has 1 amide bonds. The van der Waals surface area contributed by atoms with Gasteiger partial charge in [-0.2, -0.15) is 5.10 Å². The minimum absolute atomic E-state index is 0.362. The molecule has 0 saturated heterocycles. The summed E-state index contributed by atoms with van der Waals surface area (Å²) in [6, 6.07) is -0.837. The molecule has 2 N–H and O–H groups in total. The molecule has 0 aromatic carbocycles. The molecule has 1 unspecified atom stereocenters. The van der Waals surface area contributed by atoms with Crippen LogP contribution in [0, 0.1) is 6.92 Å². The van der Waals surface area contributed by atoms with E-state index in [9.17, 15) is 9.59 Å². The Kier molecular flexibility index (Phi) is 6.91. The fourth-order valence-corrected chi connectivity index (χ4v) is 2.08. The molecule has 1 aromatic heterocycles. The molecule has 1 heterocycles. The first kappa shape index (κ1) is 17.2. The van der Waals surface area contributed by atoms with Crippen molar-refractivity contribution in [2.75, 3.05) is 0 Å². The molecule has 0 fully saturated rings. The molecule has 118 valence electrons. The van der Waals surface area contributed by atoms with Crippen LogP contribution in [0.3, 0.4) is 0 Å². The molecule has 6 nitrogen and oxygen atoms in total. The highest BCUT2D eigenvalue weighted by atomic mass is 16.4. The van der Waals surface area contributed by atoms with Crippen molar-refractivity contribution in [2.45, 2.75) is 65.5 Å². The number of amides is 1. The van der Waals surface area contributed by atoms with Gasteiger partial charge in [0, 0.05) is 12.7 Å². The highest BCUT2D eigenvalue weighted by Gasteiger charge is 2.22. The van der Waals surface area contributed by atoms with Crippen molar-refractivity contribution < 1.29 is 14.7 Å². The number of carboxylic acid groups (broad SMARTS) is 1. The maximum absolute atomic E-state index is 12.2. The van der Waals surface area contributed by atoms with Gasteiger partial charge < -0.3 is 10.4 Å². The first-order valence-corrected chi connectivity index (χ1v) is 7.57. The standard InChI is InChI=1S/C15H25N3O3/c1-4-6-8-13(15(20)21)16-14(19)12-10-18(9-7-5-2)17-11(12)3/h10,13H,4-9H2,1-3H3,(H,16,19)(H,20,21). The third kappa shape index (κ3) is 5.21. The maximum atomic E-state index is 12.2. The Morgan fingerprint density at radius 3 is 2.57 bits per heavy atom. The van der Waals surface area contributed by atoms with Crippen molar-refractivity contribution in [3.05, 3.63) is 17.5 Å². The SMILES string of the molecule is CCCCC(NC(=O)c1cn(CCCC)nc1C)C(=O)O. The average Bonchev–Trinajstić information content (AvgIpc) is 2.81. The third-order valence-corrected chi connectivity index (χ3v) is 3.38. The maximum Gasteiger partial charge on any atom is 0.326 e. The van der Waals surface area contributed by atoms with Gasteiger partial charge in [0.25, 0.3) is 5.91 Å². The molecule has 0 aliphatic carbocycles. The molecule has 0 aliphatic rings. The fraction of sp³-hybridized carbons (Fsp3) is 0.667. The summed E-state index contributed by atoms with van der Waals surface area (Å²) < 4.78 is 1.75. The average molecular weight is 295 g/mol. The Bertz CT molecular complexity index is 483. The van der Waals surface area contributed by atoms with E-state index in [2.05, 4.69) is 17.3 Å². The number of hydrogen-bond acceptors (Lipinski definition) is 3. The minimum atomic E-state index is -0.993. The van der Waals surface area contributed by atoms with Crippen LogP contribution in [0.5, 0.6) is 0 Å². The van der Waals surface area contributed by atoms with Crippen molar-refractivity contribution in [2.24, 2.45) is 0 Å². The number of carbonyl (C=O) groups is 2. The van der Waals surface area contributed by atoms with E-state index in [4.69, 9.17) is 5.11 Å². The number of aryl methyl sites for hydroxylation is 2. The van der Waals surface area contributed by atoms with Crippen molar-refractivity contribution in [3.8, 4) is 0 Å². The largest absolute Gasteiger partial charge is 0.480 e. The Balaban J connectivity index is 2.73. The lowest BCUT2D eigenvalue weighted by molar-refractivity contribution is -0.139. The minimum Gasteiger partial charge on any atom is -0.480 e. The highest BCUT2D eigenvalue weighted by Crippen LogP contribution is 2.09. The second kappa shape index (κ2) is 8.44. The molecular formula is C15H25N3O3. The summed E-state index contributed by atoms with van der Waals surface area (Å²) in [5.74, 6) is -1.36. The predicted octanol–water partition coefficient (Wildman–Crippen LogP) is 2.36. The highest BCUT2D eigenvalue weighted by molar-refractivity contribution is 5.97. The van der Waals surface area contributed by atoms with Gasteiger partial charge in [-0.1, -0.05) is 33.1 Å². The van der Waals surface area contributed by atoms with Gasteiger partial charge in [-0.15, -0.1) is 0 Å². The van der Waals surface area contributed by atoms with Gasteiger partial charge in [0.05, 0.1) is 11.3 Å². The van der Waals surface area contributed by atoms with Gasteiger partial charge in [0.1, 0.15) is 6.04 Å². The van der Waals surface area contributed by atoms with Crippen LogP contribution in [0.2, 0.25) is 0 Å². The van der Waals surface area contributed by atoms with Crippen LogP contribution in [0.1, 0.15) is 62.0 Å². The quantitative estimate of drug-likeness (QED) is 0.732. The molecule has 0 bridgehead atoms. The van der Waals surface area contributed by atoms with E-state index in [0.29, 0.717) is 17.7 Å². The summed E-state index contributed by atoms with van der Waals surface area (Å²) in [4.78, 5) is 23.4. The van der Waals surface area contributed by atoms with E-state index in [0.717, 1.165) is 32.2 Å². The van der Waals surface area contributed by atoms with Crippen LogP contribution in [-0.2, 0) is 11.3 Å². The molecular weight excluding hydrogens is 270 g/mol. The number of hydrogen-bond donors (Lipinski definition) is 2. The van der Waals surface area contributed by atoms with E-state index in [1.54, 1.807) is 17.8 Å². The van der Waals surface area contributed by atoms with Crippen LogP contribution in [-0.4, -0.2) is 32.8 Å². The van der Waals surface area contributed by atoms with Crippen molar-refractivity contribution in [3.63, 3.8) is 0 Å². The van der Waals surface area contributed by atoms with Crippen LogP contribution < -0.4 is 5.32 Å². The number of nitrogens with one attached hydrogen (secondary N) is 1. The molecule has 1 atom stereocenters. The lowest BCUT2D eigenvalue weighted by atomic mass is 10.1. The van der Waals surface area contributed by atoms with Gasteiger partial charge in [-0.05, 0) is 19.8 Å². The summed E-state index contributed by atoms with van der Waals surface area (Å²) in [5.41, 5.74) is 1.08. The number of nitrogens with zero attached hydrogens (tertiary/aromatic N) is 2. The van der Waals surface area contributed by atoms with Crippen LogP contribution in [0.15, 0.2) is 6.20 Å². The van der Waals surface area contributed by atoms with E-state index < -0.39 is 12.0 Å². The van der Waals surface area contributed by atoms with Gasteiger partial charge in [0.15, 0.2) is 0 Å². The molecule has 6 heteroatoms. The third-order valence-electron chi connectivity index (χ3n) is 3.38. The number of unbranched alkanes of at least 4 members (excludes halogenated alkanes) is 2. The van der Waals surface area contributed by atoms with E-state index in [-0.39, 0.29) is 5.91 Å². The molecule has 1 rings (SSSR count). The zero-order valence-corrected chi connectivity index (χ0v) is 13.1. The first-order valence-electron chi connectivity index (χ1n) is 7.57. The predicted molar refractivity (Wildman–Crippen MR) is 80.3 cm³/mol. The van der Waals surface area contributed by atoms with Gasteiger partial charge in [-0.25, -0.2) is 4.79 Å². The van der Waals surface area contributed by atoms with E-state index in [1.807, 2.05) is 6.92 Å². The Morgan fingerprint density at radius 1 is 1.33 bits per heavy atom. The number of carboxylic acids is 1. The van der Waals surface area contributed by atoms with Crippen LogP contribution in [0.25, 0.3) is 0 Å². The number of rotatable bonds is 9. The number of carbonyl (C=O) groups excluding carboxylic acids is 1. The number of aromatic nitrogens is 2. The Morgan fingerprint density at radius 2 is 2.00 bits per heavy atom. The molecule has 0 aliphatic heterocycles. The molecule has 0 saturated carbocycles. The van der Waals surface area contributed by atoms with Crippen LogP contribution in [0.4, 0.5) is 0 Å². The van der Waals surface area contributed by atoms with Crippen LogP contribution >= 0.6 is 0 Å². The van der Waals surface area contributed by atoms with Gasteiger partial charge in [-0.3, -0.25) is 9.48 Å². The molecule has 0 spiro atoms. The van der Waals surface area contributed by atoms with Crippen molar-refractivity contribution in [1.82, 2.24) is 15.1 Å².